The number of halogens is 2. The SMILES string of the molecule is O=c1c(OCCC2CCOCC2)c(-c2ccc(F)c(F)c2)oc2cc(O)cc(O)c12. The number of ether oxygens (including phenoxy) is 2. The lowest BCUT2D eigenvalue weighted by atomic mass is 9.97. The van der Waals surface area contributed by atoms with Crippen LogP contribution in [0.2, 0.25) is 0 Å². The fraction of sp³-hybridized carbons (Fsp3) is 0.318. The summed E-state index contributed by atoms with van der Waals surface area (Å²) in [4.78, 5) is 13.1. The summed E-state index contributed by atoms with van der Waals surface area (Å²) in [7, 11) is 0. The molecule has 30 heavy (non-hydrogen) atoms. The van der Waals surface area contributed by atoms with Crippen LogP contribution in [-0.2, 0) is 4.74 Å². The molecular weight excluding hydrogens is 398 g/mol. The van der Waals surface area contributed by atoms with Gasteiger partial charge in [-0.05, 0) is 43.4 Å². The van der Waals surface area contributed by atoms with Gasteiger partial charge in [0, 0.05) is 30.9 Å². The fourth-order valence-electron chi connectivity index (χ4n) is 3.59. The van der Waals surface area contributed by atoms with E-state index in [4.69, 9.17) is 13.9 Å². The highest BCUT2D eigenvalue weighted by atomic mass is 19.2. The van der Waals surface area contributed by atoms with Gasteiger partial charge in [-0.3, -0.25) is 4.79 Å². The van der Waals surface area contributed by atoms with Crippen molar-refractivity contribution in [3.8, 4) is 28.6 Å². The van der Waals surface area contributed by atoms with Crippen molar-refractivity contribution in [2.75, 3.05) is 19.8 Å². The predicted molar refractivity (Wildman–Crippen MR) is 105 cm³/mol. The maximum Gasteiger partial charge on any atom is 0.239 e. The van der Waals surface area contributed by atoms with Gasteiger partial charge >= 0.3 is 0 Å². The van der Waals surface area contributed by atoms with Crippen LogP contribution in [0.5, 0.6) is 17.2 Å². The summed E-state index contributed by atoms with van der Waals surface area (Å²) in [5.74, 6) is -2.85. The Morgan fingerprint density at radius 2 is 1.83 bits per heavy atom. The summed E-state index contributed by atoms with van der Waals surface area (Å²) in [6.07, 6.45) is 2.47. The van der Waals surface area contributed by atoms with E-state index >= 15 is 0 Å². The van der Waals surface area contributed by atoms with E-state index < -0.39 is 22.8 Å². The minimum Gasteiger partial charge on any atom is -0.508 e. The monoisotopic (exact) mass is 418 g/mol. The summed E-state index contributed by atoms with van der Waals surface area (Å²) in [6, 6.07) is 5.25. The number of phenols is 2. The summed E-state index contributed by atoms with van der Waals surface area (Å²) in [5.41, 5.74) is -0.675. The summed E-state index contributed by atoms with van der Waals surface area (Å²) in [6.45, 7) is 1.57. The van der Waals surface area contributed by atoms with E-state index in [0.29, 0.717) is 25.6 Å². The summed E-state index contributed by atoms with van der Waals surface area (Å²) in [5, 5.41) is 19.7. The molecular formula is C22H20F2O6. The van der Waals surface area contributed by atoms with Crippen LogP contribution >= 0.6 is 0 Å². The Morgan fingerprint density at radius 1 is 1.07 bits per heavy atom. The average Bonchev–Trinajstić information content (AvgIpc) is 2.71. The van der Waals surface area contributed by atoms with Gasteiger partial charge in [0.15, 0.2) is 17.4 Å². The van der Waals surface area contributed by atoms with E-state index in [9.17, 15) is 23.8 Å². The molecule has 0 bridgehead atoms. The largest absolute Gasteiger partial charge is 0.508 e. The Hall–Kier alpha value is -3.13. The molecule has 1 aliphatic heterocycles. The summed E-state index contributed by atoms with van der Waals surface area (Å²) >= 11 is 0. The van der Waals surface area contributed by atoms with Crippen molar-refractivity contribution < 1.29 is 32.9 Å². The number of aromatic hydroxyl groups is 2. The number of fused-ring (bicyclic) bond motifs is 1. The van der Waals surface area contributed by atoms with Crippen molar-refractivity contribution in [2.45, 2.75) is 19.3 Å². The molecule has 3 aromatic rings. The van der Waals surface area contributed by atoms with Crippen LogP contribution in [0.15, 0.2) is 39.5 Å². The lowest BCUT2D eigenvalue weighted by molar-refractivity contribution is 0.0592. The third-order valence-electron chi connectivity index (χ3n) is 5.21. The van der Waals surface area contributed by atoms with Gasteiger partial charge in [0.05, 0.1) is 6.61 Å². The Kier molecular flexibility index (Phi) is 5.59. The molecule has 8 heteroatoms. The second-order valence-electron chi connectivity index (χ2n) is 7.25. The zero-order valence-electron chi connectivity index (χ0n) is 16.0. The van der Waals surface area contributed by atoms with Crippen LogP contribution in [0.3, 0.4) is 0 Å². The quantitative estimate of drug-likeness (QED) is 0.641. The maximum absolute atomic E-state index is 13.8. The van der Waals surface area contributed by atoms with E-state index in [0.717, 1.165) is 37.1 Å². The van der Waals surface area contributed by atoms with E-state index in [1.807, 2.05) is 0 Å². The zero-order chi connectivity index (χ0) is 21.3. The van der Waals surface area contributed by atoms with Gasteiger partial charge in [-0.2, -0.15) is 0 Å². The highest BCUT2D eigenvalue weighted by Gasteiger charge is 2.22. The molecule has 6 nitrogen and oxygen atoms in total. The Morgan fingerprint density at radius 3 is 2.57 bits per heavy atom. The molecule has 2 aromatic carbocycles. The van der Waals surface area contributed by atoms with Gasteiger partial charge in [-0.15, -0.1) is 0 Å². The van der Waals surface area contributed by atoms with Gasteiger partial charge in [0.2, 0.25) is 11.2 Å². The molecule has 1 aliphatic rings. The maximum atomic E-state index is 13.8. The molecule has 0 saturated carbocycles. The first-order chi connectivity index (χ1) is 14.4. The molecule has 0 spiro atoms. The topological polar surface area (TPSA) is 89.1 Å². The molecule has 2 heterocycles. The van der Waals surface area contributed by atoms with E-state index in [1.165, 1.54) is 6.07 Å². The van der Waals surface area contributed by atoms with Crippen molar-refractivity contribution in [3.05, 3.63) is 52.2 Å². The van der Waals surface area contributed by atoms with Crippen molar-refractivity contribution in [2.24, 2.45) is 5.92 Å². The molecule has 0 atom stereocenters. The van der Waals surface area contributed by atoms with Crippen LogP contribution in [0.1, 0.15) is 19.3 Å². The van der Waals surface area contributed by atoms with Crippen molar-refractivity contribution in [3.63, 3.8) is 0 Å². The van der Waals surface area contributed by atoms with Crippen LogP contribution in [0.25, 0.3) is 22.3 Å². The van der Waals surface area contributed by atoms with E-state index in [1.54, 1.807) is 0 Å². The molecule has 1 fully saturated rings. The fourth-order valence-corrected chi connectivity index (χ4v) is 3.59. The number of rotatable bonds is 5. The van der Waals surface area contributed by atoms with E-state index in [-0.39, 0.29) is 40.4 Å². The number of benzene rings is 2. The first-order valence-corrected chi connectivity index (χ1v) is 9.63. The molecule has 2 N–H and O–H groups in total. The van der Waals surface area contributed by atoms with Crippen LogP contribution in [-0.4, -0.2) is 30.0 Å². The lowest BCUT2D eigenvalue weighted by Crippen LogP contribution is -2.19. The highest BCUT2D eigenvalue weighted by molar-refractivity contribution is 5.88. The molecule has 0 radical (unpaired) electrons. The smallest absolute Gasteiger partial charge is 0.239 e. The third kappa shape index (κ3) is 3.95. The van der Waals surface area contributed by atoms with Crippen LogP contribution in [0.4, 0.5) is 8.78 Å². The van der Waals surface area contributed by atoms with Gasteiger partial charge < -0.3 is 24.1 Å². The lowest BCUT2D eigenvalue weighted by Gasteiger charge is -2.22. The highest BCUT2D eigenvalue weighted by Crippen LogP contribution is 2.36. The predicted octanol–water partition coefficient (Wildman–Crippen LogP) is 4.34. The minimum absolute atomic E-state index is 0.0943. The van der Waals surface area contributed by atoms with E-state index in [2.05, 4.69) is 0 Å². The Bertz CT molecular complexity index is 1130. The summed E-state index contributed by atoms with van der Waals surface area (Å²) < 4.78 is 44.0. The van der Waals surface area contributed by atoms with Gasteiger partial charge in [-0.1, -0.05) is 0 Å². The van der Waals surface area contributed by atoms with Crippen molar-refractivity contribution in [1.82, 2.24) is 0 Å². The average molecular weight is 418 g/mol. The van der Waals surface area contributed by atoms with Crippen molar-refractivity contribution >= 4 is 11.0 Å². The van der Waals surface area contributed by atoms with Gasteiger partial charge in [0.1, 0.15) is 22.5 Å². The third-order valence-corrected chi connectivity index (χ3v) is 5.21. The number of hydrogen-bond acceptors (Lipinski definition) is 6. The molecule has 0 aliphatic carbocycles. The molecule has 158 valence electrons. The van der Waals surface area contributed by atoms with Crippen LogP contribution in [0, 0.1) is 17.6 Å². The zero-order valence-corrected chi connectivity index (χ0v) is 16.0. The second kappa shape index (κ2) is 8.31. The Labute approximate surface area is 170 Å². The van der Waals surface area contributed by atoms with Gasteiger partial charge in [0.25, 0.3) is 0 Å². The molecule has 1 saturated heterocycles. The standard InChI is InChI=1S/C22H20F2O6/c23-15-2-1-13(9-16(15)24)21-22(29-8-5-12-3-6-28-7-4-12)20(27)19-17(26)10-14(25)11-18(19)30-21/h1-2,9-12,25-26H,3-8H2. The minimum atomic E-state index is -1.11. The number of hydrogen-bond donors (Lipinski definition) is 2. The molecule has 0 unspecified atom stereocenters. The molecule has 4 rings (SSSR count). The first-order valence-electron chi connectivity index (χ1n) is 9.63. The molecule has 1 aromatic heterocycles. The Balaban J connectivity index is 1.77. The van der Waals surface area contributed by atoms with Crippen LogP contribution < -0.4 is 10.2 Å². The van der Waals surface area contributed by atoms with Crippen molar-refractivity contribution in [1.29, 1.82) is 0 Å². The second-order valence-corrected chi connectivity index (χ2v) is 7.25. The molecule has 0 amide bonds. The number of phenolic OH excluding ortho intramolecular Hbond substituents is 2. The normalized spacial score (nSPS) is 14.9. The first kappa shape index (κ1) is 20.2. The van der Waals surface area contributed by atoms with Gasteiger partial charge in [-0.25, -0.2) is 8.78 Å².